The van der Waals surface area contributed by atoms with Gasteiger partial charge in [0.2, 0.25) is 5.91 Å². The molecule has 1 amide bonds. The molecule has 1 fully saturated rings. The fourth-order valence-corrected chi connectivity index (χ4v) is 3.09. The van der Waals surface area contributed by atoms with Gasteiger partial charge in [-0.25, -0.2) is 4.79 Å². The summed E-state index contributed by atoms with van der Waals surface area (Å²) >= 11 is 0. The zero-order chi connectivity index (χ0) is 19.1. The van der Waals surface area contributed by atoms with Crippen LogP contribution in [0, 0.1) is 0 Å². The molecule has 2 aromatic rings. The van der Waals surface area contributed by atoms with E-state index in [-0.39, 0.29) is 11.9 Å². The summed E-state index contributed by atoms with van der Waals surface area (Å²) in [7, 11) is 1.35. The molecule has 3 rings (SSSR count). The molecule has 140 valence electrons. The monoisotopic (exact) mass is 365 g/mol. The number of amides is 1. The van der Waals surface area contributed by atoms with Crippen molar-refractivity contribution in [3.63, 3.8) is 0 Å². The Labute approximate surface area is 159 Å². The van der Waals surface area contributed by atoms with Crippen LogP contribution in [0.5, 0.6) is 5.75 Å². The Bertz CT molecular complexity index is 799. The van der Waals surface area contributed by atoms with Crippen molar-refractivity contribution in [2.24, 2.45) is 0 Å². The molecule has 1 saturated heterocycles. The summed E-state index contributed by atoms with van der Waals surface area (Å²) in [6.07, 6.45) is 4.71. The maximum atomic E-state index is 12.4. The van der Waals surface area contributed by atoms with Crippen molar-refractivity contribution in [3.05, 3.63) is 71.8 Å². The predicted octanol–water partition coefficient (Wildman–Crippen LogP) is 3.44. The molecule has 1 heterocycles. The van der Waals surface area contributed by atoms with Crippen LogP contribution < -0.4 is 4.74 Å². The molecule has 5 heteroatoms. The molecule has 0 radical (unpaired) electrons. The van der Waals surface area contributed by atoms with Crippen molar-refractivity contribution in [1.82, 2.24) is 4.90 Å². The minimum absolute atomic E-state index is 0.174. The van der Waals surface area contributed by atoms with Gasteiger partial charge < -0.3 is 14.4 Å². The molecule has 0 aliphatic carbocycles. The predicted molar refractivity (Wildman–Crippen MR) is 103 cm³/mol. The van der Waals surface area contributed by atoms with E-state index in [9.17, 15) is 9.59 Å². The van der Waals surface area contributed by atoms with Crippen molar-refractivity contribution in [1.29, 1.82) is 0 Å². The van der Waals surface area contributed by atoms with Crippen LogP contribution >= 0.6 is 0 Å². The number of methoxy groups -OCH3 is 1. The van der Waals surface area contributed by atoms with Gasteiger partial charge in [0.1, 0.15) is 18.4 Å². The van der Waals surface area contributed by atoms with E-state index < -0.39 is 6.04 Å². The summed E-state index contributed by atoms with van der Waals surface area (Å²) in [4.78, 5) is 25.7. The summed E-state index contributed by atoms with van der Waals surface area (Å²) in [5, 5.41) is 0. The number of hydrogen-bond donors (Lipinski definition) is 0. The highest BCUT2D eigenvalue weighted by molar-refractivity contribution is 5.95. The smallest absolute Gasteiger partial charge is 0.328 e. The fourth-order valence-electron chi connectivity index (χ4n) is 3.09. The zero-order valence-electron chi connectivity index (χ0n) is 15.3. The molecule has 1 aliphatic heterocycles. The Morgan fingerprint density at radius 1 is 1.11 bits per heavy atom. The van der Waals surface area contributed by atoms with E-state index in [4.69, 9.17) is 9.47 Å². The molecule has 0 aromatic heterocycles. The lowest BCUT2D eigenvalue weighted by Gasteiger charge is -2.20. The number of nitrogens with zero attached hydrogens (tertiary/aromatic N) is 1. The third-order valence-corrected chi connectivity index (χ3v) is 4.56. The van der Waals surface area contributed by atoms with Crippen LogP contribution in [0.3, 0.4) is 0 Å². The molecule has 0 N–H and O–H groups in total. The van der Waals surface area contributed by atoms with E-state index in [2.05, 4.69) is 0 Å². The number of carbonyl (C=O) groups is 2. The maximum Gasteiger partial charge on any atom is 0.328 e. The van der Waals surface area contributed by atoms with E-state index >= 15 is 0 Å². The van der Waals surface area contributed by atoms with Gasteiger partial charge in [0.05, 0.1) is 7.11 Å². The number of rotatable bonds is 6. The molecule has 0 bridgehead atoms. The van der Waals surface area contributed by atoms with Crippen molar-refractivity contribution >= 4 is 18.0 Å². The maximum absolute atomic E-state index is 12.4. The molecule has 2 aromatic carbocycles. The molecular weight excluding hydrogens is 342 g/mol. The fraction of sp³-hybridized carbons (Fsp3) is 0.273. The Kier molecular flexibility index (Phi) is 6.26. The average molecular weight is 365 g/mol. The van der Waals surface area contributed by atoms with Gasteiger partial charge >= 0.3 is 5.97 Å². The number of benzene rings is 2. The van der Waals surface area contributed by atoms with Gasteiger partial charge in [0.15, 0.2) is 0 Å². The Morgan fingerprint density at radius 3 is 2.56 bits per heavy atom. The minimum Gasteiger partial charge on any atom is -0.489 e. The van der Waals surface area contributed by atoms with Crippen LogP contribution in [0.15, 0.2) is 60.7 Å². The second-order valence-electron chi connectivity index (χ2n) is 6.39. The third-order valence-electron chi connectivity index (χ3n) is 4.56. The van der Waals surface area contributed by atoms with Crippen LogP contribution in [-0.4, -0.2) is 36.5 Å². The zero-order valence-corrected chi connectivity index (χ0v) is 15.3. The summed E-state index contributed by atoms with van der Waals surface area (Å²) in [5.74, 6) is 0.245. The second kappa shape index (κ2) is 9.03. The van der Waals surface area contributed by atoms with Gasteiger partial charge in [-0.05, 0) is 42.2 Å². The standard InChI is InChI=1S/C22H23NO4/c1-26-22(25)20-8-5-15-23(20)21(24)14-11-17-9-12-19(13-10-17)27-16-18-6-3-2-4-7-18/h2-4,6-7,9-14,20H,5,8,15-16H2,1H3/b14-11+. The number of esters is 1. The lowest BCUT2D eigenvalue weighted by Crippen LogP contribution is -2.40. The van der Waals surface area contributed by atoms with Crippen molar-refractivity contribution in [3.8, 4) is 5.75 Å². The van der Waals surface area contributed by atoms with Crippen LogP contribution in [0.2, 0.25) is 0 Å². The van der Waals surface area contributed by atoms with Crippen molar-refractivity contribution in [2.75, 3.05) is 13.7 Å². The molecular formula is C22H23NO4. The summed E-state index contributed by atoms with van der Waals surface area (Å²) in [6.45, 7) is 1.09. The third kappa shape index (κ3) is 4.97. The molecule has 1 atom stereocenters. The second-order valence-corrected chi connectivity index (χ2v) is 6.39. The lowest BCUT2D eigenvalue weighted by molar-refractivity contribution is -0.149. The van der Waals surface area contributed by atoms with Crippen molar-refractivity contribution in [2.45, 2.75) is 25.5 Å². The first-order valence-corrected chi connectivity index (χ1v) is 9.00. The number of carbonyl (C=O) groups excluding carboxylic acids is 2. The van der Waals surface area contributed by atoms with Gasteiger partial charge in [0.25, 0.3) is 0 Å². The highest BCUT2D eigenvalue weighted by Gasteiger charge is 2.33. The molecule has 5 nitrogen and oxygen atoms in total. The van der Waals surface area contributed by atoms with Gasteiger partial charge in [0, 0.05) is 12.6 Å². The molecule has 1 unspecified atom stereocenters. The van der Waals surface area contributed by atoms with E-state index in [0.717, 1.165) is 23.3 Å². The van der Waals surface area contributed by atoms with Crippen LogP contribution in [0.4, 0.5) is 0 Å². The average Bonchev–Trinajstić information content (AvgIpc) is 3.21. The first-order valence-electron chi connectivity index (χ1n) is 9.00. The number of likely N-dealkylation sites (tertiary alicyclic amines) is 1. The minimum atomic E-state index is -0.471. The Balaban J connectivity index is 1.56. The van der Waals surface area contributed by atoms with E-state index in [1.165, 1.54) is 13.2 Å². The molecule has 0 saturated carbocycles. The van der Waals surface area contributed by atoms with E-state index in [1.807, 2.05) is 54.6 Å². The largest absolute Gasteiger partial charge is 0.489 e. The van der Waals surface area contributed by atoms with Crippen LogP contribution in [-0.2, 0) is 20.9 Å². The van der Waals surface area contributed by atoms with E-state index in [0.29, 0.717) is 19.6 Å². The van der Waals surface area contributed by atoms with Gasteiger partial charge in [-0.1, -0.05) is 42.5 Å². The number of hydrogen-bond acceptors (Lipinski definition) is 4. The molecule has 27 heavy (non-hydrogen) atoms. The highest BCUT2D eigenvalue weighted by atomic mass is 16.5. The lowest BCUT2D eigenvalue weighted by atomic mass is 10.2. The molecule has 1 aliphatic rings. The quantitative estimate of drug-likeness (QED) is 0.581. The Morgan fingerprint density at radius 2 is 1.85 bits per heavy atom. The van der Waals surface area contributed by atoms with Crippen LogP contribution in [0.25, 0.3) is 6.08 Å². The first kappa shape index (κ1) is 18.7. The topological polar surface area (TPSA) is 55.8 Å². The van der Waals surface area contributed by atoms with Crippen LogP contribution in [0.1, 0.15) is 24.0 Å². The Hall–Kier alpha value is -3.08. The summed E-state index contributed by atoms with van der Waals surface area (Å²) in [5.41, 5.74) is 2.00. The number of ether oxygens (including phenoxy) is 2. The molecule has 0 spiro atoms. The van der Waals surface area contributed by atoms with Gasteiger partial charge in [-0.15, -0.1) is 0 Å². The van der Waals surface area contributed by atoms with Crippen molar-refractivity contribution < 1.29 is 19.1 Å². The summed E-state index contributed by atoms with van der Waals surface area (Å²) < 4.78 is 10.5. The summed E-state index contributed by atoms with van der Waals surface area (Å²) in [6, 6.07) is 17.0. The van der Waals surface area contributed by atoms with Gasteiger partial charge in [-0.2, -0.15) is 0 Å². The SMILES string of the molecule is COC(=O)C1CCCN1C(=O)/C=C/c1ccc(OCc2ccccc2)cc1. The van der Waals surface area contributed by atoms with E-state index in [1.54, 1.807) is 11.0 Å². The normalized spacial score (nSPS) is 16.5. The van der Waals surface area contributed by atoms with Gasteiger partial charge in [-0.3, -0.25) is 4.79 Å². The first-order chi connectivity index (χ1) is 13.2. The highest BCUT2D eigenvalue weighted by Crippen LogP contribution is 2.20.